The lowest BCUT2D eigenvalue weighted by Crippen LogP contribution is -2.17. The van der Waals surface area contributed by atoms with Crippen molar-refractivity contribution >= 4 is 17.6 Å². The Labute approximate surface area is 125 Å². The van der Waals surface area contributed by atoms with E-state index in [4.69, 9.17) is 15.6 Å². The maximum atomic E-state index is 12.0. The minimum atomic E-state index is -1.19. The Kier molecular flexibility index (Phi) is 6.72. The van der Waals surface area contributed by atoms with Gasteiger partial charge in [-0.15, -0.1) is 0 Å². The first-order valence-electron chi connectivity index (χ1n) is 7.29. The van der Waals surface area contributed by atoms with E-state index >= 15 is 0 Å². The van der Waals surface area contributed by atoms with Crippen LogP contribution in [-0.2, 0) is 4.74 Å². The van der Waals surface area contributed by atoms with Crippen molar-refractivity contribution in [3.8, 4) is 0 Å². The van der Waals surface area contributed by atoms with Gasteiger partial charge in [0.15, 0.2) is 0 Å². The molecule has 1 unspecified atom stereocenters. The molecule has 0 aliphatic heterocycles. The number of esters is 1. The fourth-order valence-electron chi connectivity index (χ4n) is 2.09. The number of aromatic carboxylic acids is 1. The minimum Gasteiger partial charge on any atom is -0.478 e. The van der Waals surface area contributed by atoms with Gasteiger partial charge in [-0.05, 0) is 30.5 Å². The van der Waals surface area contributed by atoms with E-state index in [1.54, 1.807) is 0 Å². The number of anilines is 1. The number of nitrogens with two attached hydrogens (primary N) is 1. The van der Waals surface area contributed by atoms with E-state index < -0.39 is 11.9 Å². The van der Waals surface area contributed by atoms with E-state index in [-0.39, 0.29) is 11.1 Å². The molecule has 0 aliphatic carbocycles. The molecule has 5 heteroatoms. The number of benzene rings is 1. The van der Waals surface area contributed by atoms with E-state index in [0.717, 1.165) is 25.7 Å². The second kappa shape index (κ2) is 8.29. The lowest BCUT2D eigenvalue weighted by Gasteiger charge is -2.15. The van der Waals surface area contributed by atoms with Crippen LogP contribution in [0.25, 0.3) is 0 Å². The first-order chi connectivity index (χ1) is 9.99. The molecule has 0 aromatic heterocycles. The fraction of sp³-hybridized carbons (Fsp3) is 0.500. The summed E-state index contributed by atoms with van der Waals surface area (Å²) in [6.07, 6.45) is 4.14. The SMILES string of the molecule is CCCCC(CC)COC(=O)c1ccc(N)cc1C(=O)O. The van der Waals surface area contributed by atoms with Crippen LogP contribution in [0.4, 0.5) is 5.69 Å². The van der Waals surface area contributed by atoms with Crippen molar-refractivity contribution in [2.24, 2.45) is 5.92 Å². The zero-order valence-electron chi connectivity index (χ0n) is 12.6. The lowest BCUT2D eigenvalue weighted by molar-refractivity contribution is 0.0420. The van der Waals surface area contributed by atoms with E-state index in [9.17, 15) is 9.59 Å². The van der Waals surface area contributed by atoms with Gasteiger partial charge in [0, 0.05) is 5.69 Å². The number of carboxylic acids is 1. The van der Waals surface area contributed by atoms with Gasteiger partial charge in [-0.1, -0.05) is 33.1 Å². The molecule has 116 valence electrons. The second-order valence-corrected chi connectivity index (χ2v) is 5.13. The van der Waals surface area contributed by atoms with E-state index in [1.807, 2.05) is 0 Å². The summed E-state index contributed by atoms with van der Waals surface area (Å²) in [5.41, 5.74) is 5.77. The van der Waals surface area contributed by atoms with Gasteiger partial charge < -0.3 is 15.6 Å². The van der Waals surface area contributed by atoms with E-state index in [2.05, 4.69) is 13.8 Å². The highest BCUT2D eigenvalue weighted by atomic mass is 16.5. The van der Waals surface area contributed by atoms with E-state index in [0.29, 0.717) is 18.2 Å². The van der Waals surface area contributed by atoms with Crippen LogP contribution in [-0.4, -0.2) is 23.7 Å². The highest BCUT2D eigenvalue weighted by molar-refractivity contribution is 6.03. The second-order valence-electron chi connectivity index (χ2n) is 5.13. The third-order valence-electron chi connectivity index (χ3n) is 3.49. The van der Waals surface area contributed by atoms with Crippen molar-refractivity contribution in [3.63, 3.8) is 0 Å². The van der Waals surface area contributed by atoms with Crippen LogP contribution in [0.15, 0.2) is 18.2 Å². The van der Waals surface area contributed by atoms with Gasteiger partial charge in [0.05, 0.1) is 17.7 Å². The van der Waals surface area contributed by atoms with Gasteiger partial charge in [-0.2, -0.15) is 0 Å². The standard InChI is InChI=1S/C16H23NO4/c1-3-5-6-11(4-2)10-21-16(20)13-8-7-12(17)9-14(13)15(18)19/h7-9,11H,3-6,10,17H2,1-2H3,(H,18,19). The zero-order chi connectivity index (χ0) is 15.8. The van der Waals surface area contributed by atoms with Crippen LogP contribution < -0.4 is 5.73 Å². The summed E-state index contributed by atoms with van der Waals surface area (Å²) >= 11 is 0. The Morgan fingerprint density at radius 2 is 2.00 bits per heavy atom. The van der Waals surface area contributed by atoms with Crippen LogP contribution in [0.3, 0.4) is 0 Å². The summed E-state index contributed by atoms with van der Waals surface area (Å²) in [6, 6.07) is 4.17. The summed E-state index contributed by atoms with van der Waals surface area (Å²) in [5.74, 6) is -1.48. The molecule has 1 aromatic rings. The number of carboxylic acid groups (broad SMARTS) is 1. The maximum absolute atomic E-state index is 12.0. The molecule has 0 radical (unpaired) electrons. The number of hydrogen-bond donors (Lipinski definition) is 2. The fourth-order valence-corrected chi connectivity index (χ4v) is 2.09. The van der Waals surface area contributed by atoms with Gasteiger partial charge in [-0.3, -0.25) is 0 Å². The van der Waals surface area contributed by atoms with Crippen molar-refractivity contribution in [1.29, 1.82) is 0 Å². The first kappa shape index (κ1) is 17.0. The highest BCUT2D eigenvalue weighted by Crippen LogP contribution is 2.17. The van der Waals surface area contributed by atoms with Crippen LogP contribution in [0.5, 0.6) is 0 Å². The Morgan fingerprint density at radius 3 is 2.57 bits per heavy atom. The van der Waals surface area contributed by atoms with Crippen molar-refractivity contribution in [1.82, 2.24) is 0 Å². The average Bonchev–Trinajstić information content (AvgIpc) is 2.47. The Morgan fingerprint density at radius 1 is 1.29 bits per heavy atom. The van der Waals surface area contributed by atoms with Crippen molar-refractivity contribution in [3.05, 3.63) is 29.3 Å². The molecular formula is C16H23NO4. The Bertz CT molecular complexity index is 499. The highest BCUT2D eigenvalue weighted by Gasteiger charge is 2.19. The predicted octanol–water partition coefficient (Wildman–Crippen LogP) is 3.34. The summed E-state index contributed by atoms with van der Waals surface area (Å²) in [6.45, 7) is 4.49. The summed E-state index contributed by atoms with van der Waals surface area (Å²) in [4.78, 5) is 23.2. The maximum Gasteiger partial charge on any atom is 0.339 e. The molecule has 0 heterocycles. The lowest BCUT2D eigenvalue weighted by atomic mass is 10.0. The van der Waals surface area contributed by atoms with E-state index in [1.165, 1.54) is 18.2 Å². The molecule has 1 aromatic carbocycles. The van der Waals surface area contributed by atoms with Crippen LogP contribution >= 0.6 is 0 Å². The number of rotatable bonds is 8. The monoisotopic (exact) mass is 293 g/mol. The van der Waals surface area contributed by atoms with Gasteiger partial charge in [0.1, 0.15) is 0 Å². The zero-order valence-corrected chi connectivity index (χ0v) is 12.6. The molecule has 0 bridgehead atoms. The molecule has 21 heavy (non-hydrogen) atoms. The quantitative estimate of drug-likeness (QED) is 0.566. The average molecular weight is 293 g/mol. The molecule has 1 rings (SSSR count). The first-order valence-corrected chi connectivity index (χ1v) is 7.29. The number of unbranched alkanes of at least 4 members (excludes halogenated alkanes) is 1. The molecule has 0 fully saturated rings. The van der Waals surface area contributed by atoms with Crippen LogP contribution in [0, 0.1) is 5.92 Å². The molecule has 0 saturated carbocycles. The molecule has 0 aliphatic rings. The Hall–Kier alpha value is -2.04. The van der Waals surface area contributed by atoms with Crippen molar-refractivity contribution in [2.75, 3.05) is 12.3 Å². The minimum absolute atomic E-state index is 0.0436. The molecular weight excluding hydrogens is 270 g/mol. The number of carbonyl (C=O) groups excluding carboxylic acids is 1. The third kappa shape index (κ3) is 5.10. The topological polar surface area (TPSA) is 89.6 Å². The molecule has 5 nitrogen and oxygen atoms in total. The van der Waals surface area contributed by atoms with Crippen LogP contribution in [0.1, 0.15) is 60.2 Å². The molecule has 0 saturated heterocycles. The summed E-state index contributed by atoms with van der Waals surface area (Å²) in [7, 11) is 0. The van der Waals surface area contributed by atoms with Gasteiger partial charge in [-0.25, -0.2) is 9.59 Å². The smallest absolute Gasteiger partial charge is 0.339 e. The number of nitrogen functional groups attached to an aromatic ring is 1. The van der Waals surface area contributed by atoms with Crippen molar-refractivity contribution < 1.29 is 19.4 Å². The normalized spacial score (nSPS) is 11.9. The number of carbonyl (C=O) groups is 2. The summed E-state index contributed by atoms with van der Waals surface area (Å²) in [5, 5.41) is 9.12. The number of hydrogen-bond acceptors (Lipinski definition) is 4. The largest absolute Gasteiger partial charge is 0.478 e. The summed E-state index contributed by atoms with van der Waals surface area (Å²) < 4.78 is 5.27. The molecule has 0 amide bonds. The Balaban J connectivity index is 2.73. The predicted molar refractivity (Wildman–Crippen MR) is 81.4 cm³/mol. The van der Waals surface area contributed by atoms with Crippen LogP contribution in [0.2, 0.25) is 0 Å². The van der Waals surface area contributed by atoms with Gasteiger partial charge in [0.2, 0.25) is 0 Å². The third-order valence-corrected chi connectivity index (χ3v) is 3.49. The van der Waals surface area contributed by atoms with Gasteiger partial charge in [0.25, 0.3) is 0 Å². The van der Waals surface area contributed by atoms with Gasteiger partial charge >= 0.3 is 11.9 Å². The molecule has 0 spiro atoms. The molecule has 1 atom stereocenters. The molecule has 3 N–H and O–H groups in total. The van der Waals surface area contributed by atoms with Crippen molar-refractivity contribution in [2.45, 2.75) is 39.5 Å². The number of ether oxygens (including phenoxy) is 1.